The predicted molar refractivity (Wildman–Crippen MR) is 140 cm³/mol. The molecule has 1 amide bonds. The zero-order valence-electron chi connectivity index (χ0n) is 18.7. The molecule has 0 radical (unpaired) electrons. The van der Waals surface area contributed by atoms with Crippen LogP contribution in [0.2, 0.25) is 5.02 Å². The van der Waals surface area contributed by atoms with E-state index in [-0.39, 0.29) is 22.1 Å². The Morgan fingerprint density at radius 1 is 1.08 bits per heavy atom. The Morgan fingerprint density at radius 3 is 2.39 bits per heavy atom. The zero-order chi connectivity index (χ0) is 26.3. The molecule has 0 atom stereocenters. The van der Waals surface area contributed by atoms with Gasteiger partial charge in [0.15, 0.2) is 0 Å². The second-order valence-electron chi connectivity index (χ2n) is 7.69. The second-order valence-corrected chi connectivity index (χ2v) is 12.4. The Kier molecular flexibility index (Phi) is 6.92. The van der Waals surface area contributed by atoms with Crippen molar-refractivity contribution in [3.05, 3.63) is 81.4 Å². The van der Waals surface area contributed by atoms with Gasteiger partial charge in [-0.3, -0.25) is 9.52 Å². The van der Waals surface area contributed by atoms with Gasteiger partial charge in [0.2, 0.25) is 10.0 Å². The third kappa shape index (κ3) is 5.75. The molecule has 2 aromatic carbocycles. The molecular weight excluding hydrogens is 551 g/mol. The van der Waals surface area contributed by atoms with E-state index in [9.17, 15) is 26.0 Å². The summed E-state index contributed by atoms with van der Waals surface area (Å²) < 4.78 is 68.4. The average Bonchev–Trinajstić information content (AvgIpc) is 3.28. The van der Waals surface area contributed by atoms with Crippen molar-refractivity contribution in [1.82, 2.24) is 4.31 Å². The highest BCUT2D eigenvalue weighted by Crippen LogP contribution is 2.30. The number of amides is 1. The summed E-state index contributed by atoms with van der Waals surface area (Å²) in [5.41, 5.74) is 2.00. The molecule has 0 saturated carbocycles. The van der Waals surface area contributed by atoms with Crippen LogP contribution in [0.3, 0.4) is 0 Å². The van der Waals surface area contributed by atoms with Crippen LogP contribution in [-0.2, 0) is 25.0 Å². The molecule has 1 aliphatic heterocycles. The number of nitrogens with one attached hydrogen (secondary N) is 2. The summed E-state index contributed by atoms with van der Waals surface area (Å²) in [6, 6.07) is 12.0. The molecule has 4 rings (SSSR count). The number of nitrogens with zero attached hydrogens (tertiary/aromatic N) is 2. The van der Waals surface area contributed by atoms with Gasteiger partial charge in [-0.2, -0.15) is 8.42 Å². The molecule has 1 aliphatic rings. The van der Waals surface area contributed by atoms with Gasteiger partial charge in [-0.15, -0.1) is 15.7 Å². The van der Waals surface area contributed by atoms with Crippen LogP contribution < -0.4 is 10.0 Å². The summed E-state index contributed by atoms with van der Waals surface area (Å²) in [5.74, 6) is -1.41. The molecule has 188 valence electrons. The van der Waals surface area contributed by atoms with Gasteiger partial charge in [0, 0.05) is 18.4 Å². The van der Waals surface area contributed by atoms with Crippen molar-refractivity contribution in [2.45, 2.75) is 0 Å². The van der Waals surface area contributed by atoms with Crippen molar-refractivity contribution in [2.24, 2.45) is 4.40 Å². The quantitative estimate of drug-likeness (QED) is 0.463. The minimum absolute atomic E-state index is 0.0713. The molecule has 0 bridgehead atoms. The van der Waals surface area contributed by atoms with E-state index in [0.717, 1.165) is 27.8 Å². The first-order valence-corrected chi connectivity index (χ1v) is 14.6. The largest absolute Gasteiger partial charge is 0.345 e. The summed E-state index contributed by atoms with van der Waals surface area (Å²) in [6.07, 6.45) is 2.40. The number of anilines is 2. The number of thiophene rings is 1. The summed E-state index contributed by atoms with van der Waals surface area (Å²) in [7, 11) is -6.40. The summed E-state index contributed by atoms with van der Waals surface area (Å²) in [5, 5.41) is 4.10. The fraction of sp³-hybridized carbons (Fsp3) is 0.0909. The average molecular weight is 569 g/mol. The van der Waals surface area contributed by atoms with Crippen LogP contribution in [0.1, 0.15) is 4.88 Å². The Labute approximate surface area is 216 Å². The van der Waals surface area contributed by atoms with Crippen molar-refractivity contribution in [1.29, 1.82) is 0 Å². The van der Waals surface area contributed by atoms with Crippen LogP contribution in [0.15, 0.2) is 70.1 Å². The van der Waals surface area contributed by atoms with Crippen molar-refractivity contribution >= 4 is 66.2 Å². The maximum absolute atomic E-state index is 13.4. The number of carbonyl (C=O) groups is 1. The molecule has 0 fully saturated rings. The van der Waals surface area contributed by atoms with Gasteiger partial charge in [0.05, 0.1) is 21.9 Å². The third-order valence-corrected chi connectivity index (χ3v) is 8.12. The number of halogens is 2. The van der Waals surface area contributed by atoms with Gasteiger partial charge in [0.25, 0.3) is 5.91 Å². The van der Waals surface area contributed by atoms with Gasteiger partial charge in [-0.05, 0) is 59.0 Å². The Morgan fingerprint density at radius 2 is 1.75 bits per heavy atom. The molecule has 3 aromatic rings. The zero-order valence-corrected chi connectivity index (χ0v) is 21.9. The first-order valence-electron chi connectivity index (χ1n) is 10.1. The number of benzene rings is 2. The number of rotatable bonds is 6. The van der Waals surface area contributed by atoms with Crippen LogP contribution in [0.5, 0.6) is 0 Å². The van der Waals surface area contributed by atoms with Crippen LogP contribution in [0.4, 0.5) is 15.8 Å². The SMILES string of the molecule is CN1C(C(=O)Nc2ccc(F)c(Cl)c2)=CC(c2cc(-c3ccc(NS(C)(=O)=O)cc3)cs2)=NS1(=O)=O. The lowest BCUT2D eigenvalue weighted by Crippen LogP contribution is -2.35. The molecule has 2 N–H and O–H groups in total. The van der Waals surface area contributed by atoms with Crippen LogP contribution in [-0.4, -0.2) is 46.1 Å². The lowest BCUT2D eigenvalue weighted by atomic mass is 10.1. The lowest BCUT2D eigenvalue weighted by molar-refractivity contribution is -0.113. The lowest BCUT2D eigenvalue weighted by Gasteiger charge is -2.23. The third-order valence-electron chi connectivity index (χ3n) is 4.96. The maximum Gasteiger partial charge on any atom is 0.345 e. The maximum atomic E-state index is 13.4. The van der Waals surface area contributed by atoms with E-state index < -0.39 is 32.0 Å². The van der Waals surface area contributed by atoms with Gasteiger partial charge >= 0.3 is 10.2 Å². The molecule has 36 heavy (non-hydrogen) atoms. The van der Waals surface area contributed by atoms with E-state index in [1.165, 1.54) is 36.6 Å². The number of likely N-dealkylation sites (N-methyl/N-ethyl adjacent to an activating group) is 1. The predicted octanol–water partition coefficient (Wildman–Crippen LogP) is 4.08. The van der Waals surface area contributed by atoms with Gasteiger partial charge < -0.3 is 5.32 Å². The van der Waals surface area contributed by atoms with Crippen molar-refractivity contribution in [3.8, 4) is 11.1 Å². The van der Waals surface area contributed by atoms with Gasteiger partial charge in [0.1, 0.15) is 11.5 Å². The molecule has 0 aliphatic carbocycles. The highest BCUT2D eigenvalue weighted by atomic mass is 35.5. The summed E-state index contributed by atoms with van der Waals surface area (Å²) in [6.45, 7) is 0. The standard InChI is InChI=1S/C22H18ClFN4O5S3/c1-28-20(22(29)25-16-7-8-18(24)17(23)10-16)11-19(27-36(28,32)33)21-9-14(12-34-21)13-3-5-15(6-4-13)26-35(2,30)31/h3-12,26H,1-2H3,(H,25,29). The fourth-order valence-electron chi connectivity index (χ4n) is 3.22. The van der Waals surface area contributed by atoms with E-state index in [1.54, 1.807) is 35.7 Å². The van der Waals surface area contributed by atoms with Crippen molar-refractivity contribution < 1.29 is 26.0 Å². The minimum atomic E-state index is -4.19. The molecule has 0 saturated heterocycles. The van der Waals surface area contributed by atoms with E-state index >= 15 is 0 Å². The monoisotopic (exact) mass is 568 g/mol. The smallest absolute Gasteiger partial charge is 0.321 e. The Bertz CT molecular complexity index is 1630. The molecule has 2 heterocycles. The molecule has 1 aromatic heterocycles. The molecule has 0 unspecified atom stereocenters. The highest BCUT2D eigenvalue weighted by molar-refractivity contribution is 7.92. The minimum Gasteiger partial charge on any atom is -0.321 e. The van der Waals surface area contributed by atoms with Gasteiger partial charge in [-0.1, -0.05) is 23.7 Å². The number of carbonyl (C=O) groups excluding carboxylic acids is 1. The van der Waals surface area contributed by atoms with Gasteiger partial charge in [-0.25, -0.2) is 17.1 Å². The first kappa shape index (κ1) is 25.8. The fourth-order valence-corrected chi connectivity index (χ4v) is 5.80. The second kappa shape index (κ2) is 9.65. The van der Waals surface area contributed by atoms with E-state index in [2.05, 4.69) is 14.4 Å². The van der Waals surface area contributed by atoms with Crippen LogP contribution in [0, 0.1) is 5.82 Å². The van der Waals surface area contributed by atoms with Crippen molar-refractivity contribution in [2.75, 3.05) is 23.3 Å². The van der Waals surface area contributed by atoms with Crippen LogP contribution >= 0.6 is 22.9 Å². The first-order chi connectivity index (χ1) is 16.8. The number of hydrogen-bond donors (Lipinski definition) is 2. The van der Waals surface area contributed by atoms with E-state index in [1.807, 2.05) is 0 Å². The molecule has 0 spiro atoms. The summed E-state index contributed by atoms with van der Waals surface area (Å²) in [4.78, 5) is 13.4. The van der Waals surface area contributed by atoms with Crippen LogP contribution in [0.25, 0.3) is 11.1 Å². The Balaban J connectivity index is 1.61. The number of hydrogen-bond acceptors (Lipinski definition) is 6. The van der Waals surface area contributed by atoms with E-state index in [0.29, 0.717) is 10.6 Å². The Hall–Kier alpha value is -3.26. The molecular formula is C22H18ClFN4O5S3. The number of allylic oxidation sites excluding steroid dienone is 1. The van der Waals surface area contributed by atoms with Crippen molar-refractivity contribution in [3.63, 3.8) is 0 Å². The highest BCUT2D eigenvalue weighted by Gasteiger charge is 2.30. The van der Waals surface area contributed by atoms with E-state index in [4.69, 9.17) is 11.6 Å². The molecule has 14 heteroatoms. The normalized spacial score (nSPS) is 15.2. The number of sulfonamides is 1. The summed E-state index contributed by atoms with van der Waals surface area (Å²) >= 11 is 6.98. The molecule has 9 nitrogen and oxygen atoms in total. The topological polar surface area (TPSA) is 125 Å².